The molecule has 18 heavy (non-hydrogen) atoms. The third kappa shape index (κ3) is 3.81. The van der Waals surface area contributed by atoms with E-state index >= 15 is 0 Å². The van der Waals surface area contributed by atoms with Gasteiger partial charge in [0.15, 0.2) is 0 Å². The van der Waals surface area contributed by atoms with E-state index in [1.807, 2.05) is 6.07 Å². The average molecular weight is 265 g/mol. The van der Waals surface area contributed by atoms with Crippen molar-refractivity contribution in [3.8, 4) is 11.8 Å². The van der Waals surface area contributed by atoms with Crippen LogP contribution in [0.25, 0.3) is 0 Å². The molecule has 0 aliphatic carbocycles. The molecule has 0 saturated heterocycles. The van der Waals surface area contributed by atoms with Gasteiger partial charge < -0.3 is 15.6 Å². The molecular weight excluding hydrogens is 252 g/mol. The lowest BCUT2D eigenvalue weighted by Gasteiger charge is -2.08. The molecule has 94 valence electrons. The topological polar surface area (TPSA) is 79.3 Å². The number of nitrogens with two attached hydrogens (primary N) is 1. The van der Waals surface area contributed by atoms with Gasteiger partial charge in [-0.05, 0) is 23.8 Å². The smallest absolute Gasteiger partial charge is 0.145 e. The summed E-state index contributed by atoms with van der Waals surface area (Å²) in [7, 11) is 0. The standard InChI is InChI=1S/C13H13ClN2O2/c14-5-1-2-12(8-16)18-13-4-3-10(9-17)6-11(13)7-15/h1-4,6,8,17H,5,9,16H2/b2-1-,12-8+. The largest absolute Gasteiger partial charge is 0.454 e. The summed E-state index contributed by atoms with van der Waals surface area (Å²) < 4.78 is 5.47. The molecule has 1 aromatic rings. The van der Waals surface area contributed by atoms with Gasteiger partial charge in [0.25, 0.3) is 0 Å². The Kier molecular flexibility index (Phi) is 5.78. The number of aliphatic hydroxyl groups is 1. The molecule has 0 heterocycles. The lowest BCUT2D eigenvalue weighted by atomic mass is 10.1. The number of benzene rings is 1. The Morgan fingerprint density at radius 2 is 2.33 bits per heavy atom. The molecule has 1 aromatic carbocycles. The highest BCUT2D eigenvalue weighted by Gasteiger charge is 2.06. The minimum atomic E-state index is -0.124. The minimum Gasteiger partial charge on any atom is -0.454 e. The lowest BCUT2D eigenvalue weighted by Crippen LogP contribution is -1.99. The van der Waals surface area contributed by atoms with E-state index in [9.17, 15) is 0 Å². The molecule has 0 unspecified atom stereocenters. The van der Waals surface area contributed by atoms with Crippen molar-refractivity contribution < 1.29 is 9.84 Å². The van der Waals surface area contributed by atoms with E-state index in [1.54, 1.807) is 30.4 Å². The first-order valence-corrected chi connectivity index (χ1v) is 5.74. The van der Waals surface area contributed by atoms with Crippen LogP contribution >= 0.6 is 11.6 Å². The van der Waals surface area contributed by atoms with Crippen molar-refractivity contribution in [3.63, 3.8) is 0 Å². The number of nitriles is 1. The lowest BCUT2D eigenvalue weighted by molar-refractivity contribution is 0.281. The van der Waals surface area contributed by atoms with Gasteiger partial charge >= 0.3 is 0 Å². The van der Waals surface area contributed by atoms with Crippen molar-refractivity contribution in [2.45, 2.75) is 6.61 Å². The van der Waals surface area contributed by atoms with E-state index in [-0.39, 0.29) is 6.61 Å². The van der Waals surface area contributed by atoms with Crippen molar-refractivity contribution in [3.05, 3.63) is 53.4 Å². The summed E-state index contributed by atoms with van der Waals surface area (Å²) in [6, 6.07) is 6.86. The summed E-state index contributed by atoms with van der Waals surface area (Å²) in [4.78, 5) is 0. The quantitative estimate of drug-likeness (QED) is 0.484. The van der Waals surface area contributed by atoms with Crippen LogP contribution in [0.1, 0.15) is 11.1 Å². The van der Waals surface area contributed by atoms with Gasteiger partial charge in [-0.1, -0.05) is 12.1 Å². The molecule has 3 N–H and O–H groups in total. The zero-order chi connectivity index (χ0) is 13.4. The zero-order valence-electron chi connectivity index (χ0n) is 9.64. The normalized spacial score (nSPS) is 11.5. The van der Waals surface area contributed by atoms with Crippen LogP contribution in [0.5, 0.6) is 5.75 Å². The second-order valence-corrected chi connectivity index (χ2v) is 3.64. The summed E-state index contributed by atoms with van der Waals surface area (Å²) in [5, 5.41) is 18.0. The number of ether oxygens (including phenoxy) is 1. The highest BCUT2D eigenvalue weighted by Crippen LogP contribution is 2.21. The molecule has 0 amide bonds. The van der Waals surface area contributed by atoms with Crippen LogP contribution in [-0.4, -0.2) is 11.0 Å². The Labute approximate surface area is 111 Å². The van der Waals surface area contributed by atoms with Crippen molar-refractivity contribution in [1.29, 1.82) is 5.26 Å². The predicted molar refractivity (Wildman–Crippen MR) is 69.8 cm³/mol. The minimum absolute atomic E-state index is 0.124. The summed E-state index contributed by atoms with van der Waals surface area (Å²) >= 11 is 5.51. The third-order valence-corrected chi connectivity index (χ3v) is 2.29. The Hall–Kier alpha value is -1.96. The first-order valence-electron chi connectivity index (χ1n) is 5.21. The second kappa shape index (κ2) is 7.38. The van der Waals surface area contributed by atoms with Crippen molar-refractivity contribution >= 4 is 11.6 Å². The van der Waals surface area contributed by atoms with Crippen LogP contribution < -0.4 is 10.5 Å². The van der Waals surface area contributed by atoms with Crippen LogP contribution in [-0.2, 0) is 6.61 Å². The van der Waals surface area contributed by atoms with Gasteiger partial charge in [0.1, 0.15) is 17.6 Å². The fourth-order valence-corrected chi connectivity index (χ4v) is 1.35. The molecule has 0 atom stereocenters. The van der Waals surface area contributed by atoms with Gasteiger partial charge in [-0.2, -0.15) is 5.26 Å². The van der Waals surface area contributed by atoms with Gasteiger partial charge in [-0.3, -0.25) is 0 Å². The number of hydrogen-bond donors (Lipinski definition) is 2. The van der Waals surface area contributed by atoms with E-state index in [4.69, 9.17) is 32.4 Å². The Bertz CT molecular complexity index is 504. The average Bonchev–Trinajstić information content (AvgIpc) is 2.43. The molecule has 0 fully saturated rings. The van der Waals surface area contributed by atoms with Gasteiger partial charge in [-0.15, -0.1) is 11.6 Å². The molecule has 0 bridgehead atoms. The maximum Gasteiger partial charge on any atom is 0.145 e. The molecule has 0 radical (unpaired) electrons. The number of hydrogen-bond acceptors (Lipinski definition) is 4. The molecule has 0 aliphatic rings. The van der Waals surface area contributed by atoms with Crippen molar-refractivity contribution in [1.82, 2.24) is 0 Å². The second-order valence-electron chi connectivity index (χ2n) is 3.33. The van der Waals surface area contributed by atoms with Crippen molar-refractivity contribution in [2.24, 2.45) is 5.73 Å². The molecular formula is C13H13ClN2O2. The van der Waals surface area contributed by atoms with E-state index in [1.165, 1.54) is 6.20 Å². The Morgan fingerprint density at radius 3 is 2.89 bits per heavy atom. The van der Waals surface area contributed by atoms with Gasteiger partial charge in [0.2, 0.25) is 0 Å². The maximum atomic E-state index is 9.00. The number of nitrogens with zero attached hydrogens (tertiary/aromatic N) is 1. The van der Waals surface area contributed by atoms with Gasteiger partial charge in [0, 0.05) is 12.1 Å². The van der Waals surface area contributed by atoms with E-state index in [2.05, 4.69) is 0 Å². The van der Waals surface area contributed by atoms with Crippen LogP contribution in [0.3, 0.4) is 0 Å². The van der Waals surface area contributed by atoms with Crippen LogP contribution in [0.15, 0.2) is 42.3 Å². The Balaban J connectivity index is 2.97. The fourth-order valence-electron chi connectivity index (χ4n) is 1.26. The molecule has 0 aliphatic heterocycles. The molecule has 5 heteroatoms. The summed E-state index contributed by atoms with van der Waals surface area (Å²) in [6.07, 6.45) is 4.58. The Morgan fingerprint density at radius 1 is 1.56 bits per heavy atom. The third-order valence-electron chi connectivity index (χ3n) is 2.11. The van der Waals surface area contributed by atoms with Crippen molar-refractivity contribution in [2.75, 3.05) is 5.88 Å². The molecule has 0 spiro atoms. The number of allylic oxidation sites excluding steroid dienone is 2. The van der Waals surface area contributed by atoms with E-state index < -0.39 is 0 Å². The number of halogens is 1. The predicted octanol–water partition coefficient (Wildman–Crippen LogP) is 2.02. The zero-order valence-corrected chi connectivity index (χ0v) is 10.4. The summed E-state index contributed by atoms with van der Waals surface area (Å²) in [5.41, 5.74) is 6.38. The number of alkyl halides is 1. The fraction of sp³-hybridized carbons (Fsp3) is 0.154. The first-order chi connectivity index (χ1) is 8.74. The van der Waals surface area contributed by atoms with Crippen LogP contribution in [0.4, 0.5) is 0 Å². The monoisotopic (exact) mass is 264 g/mol. The molecule has 0 saturated carbocycles. The van der Waals surface area contributed by atoms with E-state index in [0.717, 1.165) is 0 Å². The van der Waals surface area contributed by atoms with Crippen LogP contribution in [0, 0.1) is 11.3 Å². The number of aliphatic hydroxyl groups excluding tert-OH is 1. The van der Waals surface area contributed by atoms with E-state index in [0.29, 0.717) is 28.5 Å². The maximum absolute atomic E-state index is 9.00. The van der Waals surface area contributed by atoms with Gasteiger partial charge in [-0.25, -0.2) is 0 Å². The molecule has 1 rings (SSSR count). The highest BCUT2D eigenvalue weighted by molar-refractivity contribution is 6.18. The molecule has 0 aromatic heterocycles. The first kappa shape index (κ1) is 14.1. The van der Waals surface area contributed by atoms with Gasteiger partial charge in [0.05, 0.1) is 12.2 Å². The summed E-state index contributed by atoms with van der Waals surface area (Å²) in [5.74, 6) is 1.12. The summed E-state index contributed by atoms with van der Waals surface area (Å²) in [6.45, 7) is -0.124. The van der Waals surface area contributed by atoms with Crippen LogP contribution in [0.2, 0.25) is 0 Å². The SMILES string of the molecule is N#Cc1cc(CO)ccc1OC(/C=C\CCl)=C/N. The molecule has 4 nitrogen and oxygen atoms in total. The highest BCUT2D eigenvalue weighted by atomic mass is 35.5. The number of rotatable bonds is 5.